The molecule has 20 heavy (non-hydrogen) atoms. The maximum Gasteiger partial charge on any atom is 0.0622 e. The van der Waals surface area contributed by atoms with Gasteiger partial charge in [-0.1, -0.05) is 0 Å². The van der Waals surface area contributed by atoms with Crippen molar-refractivity contribution in [2.45, 2.75) is 62.4 Å². The monoisotopic (exact) mass is 272 g/mol. The van der Waals surface area contributed by atoms with E-state index in [0.29, 0.717) is 25.7 Å². The third-order valence-corrected chi connectivity index (χ3v) is 3.72. The molecule has 0 amide bonds. The molecule has 0 bridgehead atoms. The molecular formula is C14H20N6. The minimum Gasteiger partial charge on any atom is -0.323 e. The first kappa shape index (κ1) is 17.9. The zero-order valence-corrected chi connectivity index (χ0v) is 11.6. The van der Waals surface area contributed by atoms with E-state index in [4.69, 9.17) is 32.5 Å². The molecule has 0 saturated carbocycles. The van der Waals surface area contributed by atoms with Crippen LogP contribution < -0.4 is 11.5 Å². The third-order valence-electron chi connectivity index (χ3n) is 3.72. The van der Waals surface area contributed by atoms with Crippen LogP contribution >= 0.6 is 0 Å². The van der Waals surface area contributed by atoms with Gasteiger partial charge in [-0.05, 0) is 25.7 Å². The molecule has 6 nitrogen and oxygen atoms in total. The van der Waals surface area contributed by atoms with Gasteiger partial charge in [-0.2, -0.15) is 21.0 Å². The van der Waals surface area contributed by atoms with Crippen molar-refractivity contribution in [2.24, 2.45) is 11.5 Å². The predicted molar refractivity (Wildman–Crippen MR) is 73.2 cm³/mol. The van der Waals surface area contributed by atoms with E-state index in [-0.39, 0.29) is 25.7 Å². The molecule has 0 radical (unpaired) electrons. The van der Waals surface area contributed by atoms with E-state index in [1.54, 1.807) is 0 Å². The number of nitrogens with two attached hydrogens (primary N) is 2. The van der Waals surface area contributed by atoms with Crippen molar-refractivity contribution in [1.82, 2.24) is 0 Å². The molecule has 0 aromatic carbocycles. The zero-order valence-electron chi connectivity index (χ0n) is 11.6. The molecule has 0 spiro atoms. The summed E-state index contributed by atoms with van der Waals surface area (Å²) in [6, 6.07) is 8.14. The topological polar surface area (TPSA) is 147 Å². The van der Waals surface area contributed by atoms with E-state index in [1.165, 1.54) is 0 Å². The number of rotatable bonds is 9. The predicted octanol–water partition coefficient (Wildman–Crippen LogP) is 1.60. The minimum absolute atomic E-state index is 0.236. The second-order valence-corrected chi connectivity index (χ2v) is 4.94. The van der Waals surface area contributed by atoms with Crippen molar-refractivity contribution in [3.63, 3.8) is 0 Å². The molecule has 0 saturated heterocycles. The first-order valence-electron chi connectivity index (χ1n) is 6.55. The molecule has 0 aromatic heterocycles. The Hall–Kier alpha value is -2.12. The average Bonchev–Trinajstić information content (AvgIpc) is 2.46. The minimum atomic E-state index is -0.911. The van der Waals surface area contributed by atoms with Crippen LogP contribution in [-0.2, 0) is 0 Å². The Morgan fingerprint density at radius 2 is 0.750 bits per heavy atom. The van der Waals surface area contributed by atoms with Crippen molar-refractivity contribution >= 4 is 0 Å². The van der Waals surface area contributed by atoms with Gasteiger partial charge < -0.3 is 11.5 Å². The van der Waals surface area contributed by atoms with E-state index in [0.717, 1.165) is 0 Å². The summed E-state index contributed by atoms with van der Waals surface area (Å²) in [7, 11) is 0. The van der Waals surface area contributed by atoms with E-state index < -0.39 is 11.1 Å². The van der Waals surface area contributed by atoms with Crippen molar-refractivity contribution in [3.05, 3.63) is 0 Å². The lowest BCUT2D eigenvalue weighted by atomic mass is 9.68. The fourth-order valence-electron chi connectivity index (χ4n) is 2.36. The highest BCUT2D eigenvalue weighted by atomic mass is 14.9. The zero-order chi connectivity index (χ0) is 15.5. The lowest BCUT2D eigenvalue weighted by Crippen LogP contribution is -2.65. The SMILES string of the molecule is N#CCCC(N)(CCC#N)C(N)(CCC#N)CCC#N. The van der Waals surface area contributed by atoms with Gasteiger partial charge in [0.15, 0.2) is 0 Å². The molecule has 0 unspecified atom stereocenters. The summed E-state index contributed by atoms with van der Waals surface area (Å²) < 4.78 is 0. The molecule has 0 rings (SSSR count). The lowest BCUT2D eigenvalue weighted by molar-refractivity contribution is 0.171. The molecule has 106 valence electrons. The van der Waals surface area contributed by atoms with Crippen molar-refractivity contribution < 1.29 is 0 Å². The van der Waals surface area contributed by atoms with Crippen LogP contribution in [0.4, 0.5) is 0 Å². The van der Waals surface area contributed by atoms with Crippen molar-refractivity contribution in [3.8, 4) is 24.3 Å². The first-order chi connectivity index (χ1) is 9.49. The van der Waals surface area contributed by atoms with Crippen LogP contribution in [0, 0.1) is 45.3 Å². The molecule has 0 fully saturated rings. The molecule has 0 heterocycles. The van der Waals surface area contributed by atoms with Gasteiger partial charge in [0, 0.05) is 36.8 Å². The van der Waals surface area contributed by atoms with Crippen LogP contribution in [0.1, 0.15) is 51.4 Å². The highest BCUT2D eigenvalue weighted by molar-refractivity contribution is 5.10. The van der Waals surface area contributed by atoms with E-state index in [1.807, 2.05) is 24.3 Å². The Balaban J connectivity index is 5.27. The summed E-state index contributed by atoms with van der Waals surface area (Å²) in [6.07, 6.45) is 2.38. The summed E-state index contributed by atoms with van der Waals surface area (Å²) in [5.74, 6) is 0. The summed E-state index contributed by atoms with van der Waals surface area (Å²) >= 11 is 0. The smallest absolute Gasteiger partial charge is 0.0622 e. The van der Waals surface area contributed by atoms with Gasteiger partial charge in [0.2, 0.25) is 0 Å². The van der Waals surface area contributed by atoms with E-state index in [9.17, 15) is 0 Å². The number of hydrogen-bond acceptors (Lipinski definition) is 6. The van der Waals surface area contributed by atoms with Gasteiger partial charge in [-0.3, -0.25) is 0 Å². The van der Waals surface area contributed by atoms with Gasteiger partial charge in [0.25, 0.3) is 0 Å². The van der Waals surface area contributed by atoms with E-state index in [2.05, 4.69) is 0 Å². The Labute approximate surface area is 120 Å². The second-order valence-electron chi connectivity index (χ2n) is 4.94. The summed E-state index contributed by atoms with van der Waals surface area (Å²) in [6.45, 7) is 0. The van der Waals surface area contributed by atoms with E-state index >= 15 is 0 Å². The Kier molecular flexibility index (Phi) is 7.95. The van der Waals surface area contributed by atoms with Crippen LogP contribution in [0.2, 0.25) is 0 Å². The number of nitriles is 4. The maximum atomic E-state index is 8.76. The second kappa shape index (κ2) is 8.89. The Morgan fingerprint density at radius 1 is 0.550 bits per heavy atom. The van der Waals surface area contributed by atoms with Gasteiger partial charge in [0.1, 0.15) is 0 Å². The molecule has 4 N–H and O–H groups in total. The third kappa shape index (κ3) is 4.87. The first-order valence-corrected chi connectivity index (χ1v) is 6.55. The normalized spacial score (nSPS) is 10.9. The quantitative estimate of drug-likeness (QED) is 0.651. The fourth-order valence-corrected chi connectivity index (χ4v) is 2.36. The molecule has 0 atom stereocenters. The molecular weight excluding hydrogens is 252 g/mol. The standard InChI is InChI=1S/C14H20N6/c15-9-1-5-13(19,6-2-10-16)14(20,7-3-11-17)8-4-12-18/h1-8,19-20H2. The van der Waals surface area contributed by atoms with Gasteiger partial charge >= 0.3 is 0 Å². The maximum absolute atomic E-state index is 8.76. The lowest BCUT2D eigenvalue weighted by Gasteiger charge is -2.46. The van der Waals surface area contributed by atoms with Gasteiger partial charge in [-0.15, -0.1) is 0 Å². The average molecular weight is 272 g/mol. The largest absolute Gasteiger partial charge is 0.323 e. The van der Waals surface area contributed by atoms with Crippen molar-refractivity contribution in [1.29, 1.82) is 21.0 Å². The summed E-state index contributed by atoms with van der Waals surface area (Å²) in [5, 5.41) is 35.0. The summed E-state index contributed by atoms with van der Waals surface area (Å²) in [5.41, 5.74) is 10.9. The Bertz CT molecular complexity index is 376. The molecule has 0 aromatic rings. The van der Waals surface area contributed by atoms with Crippen LogP contribution in [0.25, 0.3) is 0 Å². The molecule has 0 aliphatic carbocycles. The van der Waals surface area contributed by atoms with Crippen LogP contribution in [0.15, 0.2) is 0 Å². The summed E-state index contributed by atoms with van der Waals surface area (Å²) in [4.78, 5) is 0. The van der Waals surface area contributed by atoms with Crippen LogP contribution in [-0.4, -0.2) is 11.1 Å². The molecule has 0 aliphatic rings. The van der Waals surface area contributed by atoms with Crippen molar-refractivity contribution in [2.75, 3.05) is 0 Å². The van der Waals surface area contributed by atoms with Gasteiger partial charge in [0.05, 0.1) is 24.3 Å². The number of nitrogens with zero attached hydrogens (tertiary/aromatic N) is 4. The highest BCUT2D eigenvalue weighted by Gasteiger charge is 2.44. The van der Waals surface area contributed by atoms with Crippen LogP contribution in [0.3, 0.4) is 0 Å². The number of hydrogen-bond donors (Lipinski definition) is 2. The van der Waals surface area contributed by atoms with Crippen LogP contribution in [0.5, 0.6) is 0 Å². The fraction of sp³-hybridized carbons (Fsp3) is 0.714. The molecule has 6 heteroatoms. The highest BCUT2D eigenvalue weighted by Crippen LogP contribution is 2.34. The van der Waals surface area contributed by atoms with Gasteiger partial charge in [-0.25, -0.2) is 0 Å². The molecule has 0 aliphatic heterocycles. The Morgan fingerprint density at radius 3 is 0.900 bits per heavy atom.